The largest absolute Gasteiger partial charge is 0.463 e. The molecule has 2 aromatic heterocycles. The lowest BCUT2D eigenvalue weighted by Gasteiger charge is -2.42. The Kier molecular flexibility index (Phi) is 8.71. The first kappa shape index (κ1) is 33.1. The molecule has 14 nitrogen and oxygen atoms in total. The lowest BCUT2D eigenvalue weighted by Crippen LogP contribution is -2.57. The molecule has 0 radical (unpaired) electrons. The van der Waals surface area contributed by atoms with E-state index >= 15 is 0 Å². The normalized spacial score (nSPS) is 23.9. The van der Waals surface area contributed by atoms with E-state index in [0.717, 1.165) is 23.1 Å². The summed E-state index contributed by atoms with van der Waals surface area (Å²) in [6, 6.07) is 5.72. The van der Waals surface area contributed by atoms with Crippen LogP contribution in [-0.2, 0) is 40.7 Å². The van der Waals surface area contributed by atoms with Gasteiger partial charge in [-0.25, -0.2) is 14.3 Å². The summed E-state index contributed by atoms with van der Waals surface area (Å²) < 4.78 is 14.9. The van der Waals surface area contributed by atoms with E-state index in [1.54, 1.807) is 34.5 Å². The fourth-order valence-corrected chi connectivity index (χ4v) is 7.36. The Morgan fingerprint density at radius 3 is 2.54 bits per heavy atom. The molecule has 254 valence electrons. The average Bonchev–Trinajstić information content (AvgIpc) is 3.72. The van der Waals surface area contributed by atoms with E-state index in [1.807, 2.05) is 39.0 Å². The Balaban J connectivity index is 1.40. The molecule has 4 atom stereocenters. The highest BCUT2D eigenvalue weighted by molar-refractivity contribution is 6.14. The first-order chi connectivity index (χ1) is 22.9. The van der Waals surface area contributed by atoms with Gasteiger partial charge in [0.25, 0.3) is 5.91 Å². The van der Waals surface area contributed by atoms with Crippen LogP contribution in [0, 0.1) is 6.92 Å². The molecule has 6 rings (SSSR count). The molecule has 4 amide bonds. The predicted molar refractivity (Wildman–Crippen MR) is 172 cm³/mol. The summed E-state index contributed by atoms with van der Waals surface area (Å²) >= 11 is 0. The number of para-hydroxylation sites is 1. The van der Waals surface area contributed by atoms with Gasteiger partial charge in [-0.05, 0) is 38.8 Å². The highest BCUT2D eigenvalue weighted by Crippen LogP contribution is 2.47. The fraction of sp³-hybridized carbons (Fsp3) is 0.500. The number of esters is 1. The molecule has 1 aromatic carbocycles. The number of fused-ring (bicyclic) bond motifs is 1. The van der Waals surface area contributed by atoms with Gasteiger partial charge in [-0.3, -0.25) is 28.8 Å². The maximum Gasteiger partial charge on any atom is 0.333 e. The van der Waals surface area contributed by atoms with Gasteiger partial charge in [0.2, 0.25) is 11.8 Å². The van der Waals surface area contributed by atoms with Crippen molar-refractivity contribution in [3.63, 3.8) is 0 Å². The van der Waals surface area contributed by atoms with Crippen LogP contribution < -0.4 is 5.32 Å². The Morgan fingerprint density at radius 1 is 1.15 bits per heavy atom. The van der Waals surface area contributed by atoms with E-state index < -0.39 is 47.5 Å². The summed E-state index contributed by atoms with van der Waals surface area (Å²) in [4.78, 5) is 69.3. The summed E-state index contributed by atoms with van der Waals surface area (Å²) in [5.41, 5.74) is 1.06. The van der Waals surface area contributed by atoms with Gasteiger partial charge in [0.15, 0.2) is 5.54 Å². The average molecular weight is 660 g/mol. The van der Waals surface area contributed by atoms with Crippen LogP contribution in [-0.4, -0.2) is 91.0 Å². The zero-order valence-electron chi connectivity index (χ0n) is 28.1. The standard InChI is InChI=1S/C34H41N7O7/c1-7-24(8-2)48-27-15-22(31(44)47-9-3)14-26(29(27)35-20(5)42)40-18-23(36-37-40)17-39-33(46)41-19(4)13-21-11-10-12-25(30(21)41)34(39)16-28(43)38(6)32(34)45/h10-13,15,18,24,26-27,29H,7-9,14,16-17H2,1-6H3,(H,35,42)/t26-,27+,29+,34?/m0/s1. The molecule has 0 saturated carbocycles. The van der Waals surface area contributed by atoms with Crippen LogP contribution in [0.2, 0.25) is 0 Å². The number of ether oxygens (including phenoxy) is 2. The van der Waals surface area contributed by atoms with Crippen LogP contribution in [0.4, 0.5) is 4.79 Å². The van der Waals surface area contributed by atoms with Crippen molar-refractivity contribution < 1.29 is 33.4 Å². The summed E-state index contributed by atoms with van der Waals surface area (Å²) in [6.45, 7) is 9.05. The SMILES string of the molecule is CCOC(=O)C1=C[C@@H](OC(CC)CC)[C@H](NC(C)=O)[C@@H](n2cc(CN3C(=O)n4c(C)cc5cccc(c54)C34CC(=O)N(C)C4=O)nn2)C1. The van der Waals surface area contributed by atoms with Crippen molar-refractivity contribution in [1.82, 2.24) is 34.7 Å². The lowest BCUT2D eigenvalue weighted by atomic mass is 9.83. The third-order valence-electron chi connectivity index (χ3n) is 9.72. The van der Waals surface area contributed by atoms with Crippen molar-refractivity contribution >= 4 is 40.6 Å². The number of likely N-dealkylation sites (tertiary alicyclic amines) is 1. The van der Waals surface area contributed by atoms with Crippen LogP contribution in [0.25, 0.3) is 10.9 Å². The minimum absolute atomic E-state index is 0.117. The van der Waals surface area contributed by atoms with Gasteiger partial charge in [-0.1, -0.05) is 37.3 Å². The molecular formula is C34H41N7O7. The van der Waals surface area contributed by atoms with Gasteiger partial charge in [0.1, 0.15) is 5.69 Å². The highest BCUT2D eigenvalue weighted by atomic mass is 16.5. The maximum atomic E-state index is 14.3. The number of carbonyl (C=O) groups excluding carboxylic acids is 5. The van der Waals surface area contributed by atoms with Gasteiger partial charge in [0.05, 0.1) is 55.6 Å². The van der Waals surface area contributed by atoms with E-state index in [4.69, 9.17) is 9.47 Å². The number of nitrogens with one attached hydrogen (secondary N) is 1. The van der Waals surface area contributed by atoms with Crippen molar-refractivity contribution in [2.75, 3.05) is 13.7 Å². The molecule has 1 unspecified atom stereocenters. The van der Waals surface area contributed by atoms with Crippen LogP contribution in [0.5, 0.6) is 0 Å². The summed E-state index contributed by atoms with van der Waals surface area (Å²) in [6.07, 6.45) is 4.02. The van der Waals surface area contributed by atoms with E-state index in [-0.39, 0.29) is 38.0 Å². The minimum Gasteiger partial charge on any atom is -0.463 e. The number of amides is 4. The zero-order valence-corrected chi connectivity index (χ0v) is 28.1. The second kappa shape index (κ2) is 12.6. The Labute approximate surface area is 278 Å². The summed E-state index contributed by atoms with van der Waals surface area (Å²) in [5.74, 6) is -1.64. The molecule has 48 heavy (non-hydrogen) atoms. The smallest absolute Gasteiger partial charge is 0.333 e. The molecule has 2 aliphatic heterocycles. The first-order valence-electron chi connectivity index (χ1n) is 16.4. The monoisotopic (exact) mass is 659 g/mol. The molecule has 1 saturated heterocycles. The third kappa shape index (κ3) is 5.27. The number of carbonyl (C=O) groups is 5. The molecule has 3 aromatic rings. The molecule has 1 aliphatic carbocycles. The molecular weight excluding hydrogens is 618 g/mol. The van der Waals surface area contributed by atoms with E-state index in [1.165, 1.54) is 18.9 Å². The predicted octanol–water partition coefficient (Wildman–Crippen LogP) is 3.12. The number of aromatic nitrogens is 4. The minimum atomic E-state index is -1.56. The molecule has 0 bridgehead atoms. The number of imide groups is 1. The number of aryl methyl sites for hydroxylation is 1. The van der Waals surface area contributed by atoms with Crippen LogP contribution in [0.3, 0.4) is 0 Å². The van der Waals surface area contributed by atoms with E-state index in [2.05, 4.69) is 15.6 Å². The van der Waals surface area contributed by atoms with Crippen molar-refractivity contribution in [1.29, 1.82) is 0 Å². The van der Waals surface area contributed by atoms with Crippen molar-refractivity contribution in [3.8, 4) is 0 Å². The van der Waals surface area contributed by atoms with Gasteiger partial charge in [-0.2, -0.15) is 0 Å². The second-order valence-corrected chi connectivity index (χ2v) is 12.7. The van der Waals surface area contributed by atoms with Crippen LogP contribution in [0.1, 0.15) is 76.4 Å². The van der Waals surface area contributed by atoms with Crippen molar-refractivity contribution in [2.45, 2.75) is 96.7 Å². The molecule has 3 aliphatic rings. The molecule has 4 heterocycles. The number of hydrogen-bond acceptors (Lipinski definition) is 9. The highest BCUT2D eigenvalue weighted by Gasteiger charge is 2.60. The number of rotatable bonds is 10. The zero-order chi connectivity index (χ0) is 34.5. The fourth-order valence-electron chi connectivity index (χ4n) is 7.36. The Hall–Kier alpha value is -4.85. The van der Waals surface area contributed by atoms with E-state index in [9.17, 15) is 24.0 Å². The number of benzene rings is 1. The number of nitrogens with zero attached hydrogens (tertiary/aromatic N) is 6. The maximum absolute atomic E-state index is 14.3. The molecule has 1 spiro atoms. The topological polar surface area (TPSA) is 158 Å². The third-order valence-corrected chi connectivity index (χ3v) is 9.72. The summed E-state index contributed by atoms with van der Waals surface area (Å²) in [5, 5.41) is 12.6. The number of likely N-dealkylation sites (N-methyl/N-ethyl adjacent to an activating group) is 1. The van der Waals surface area contributed by atoms with E-state index in [0.29, 0.717) is 28.0 Å². The lowest BCUT2D eigenvalue weighted by molar-refractivity contribution is -0.141. The quantitative estimate of drug-likeness (QED) is 0.255. The Morgan fingerprint density at radius 2 is 1.90 bits per heavy atom. The van der Waals surface area contributed by atoms with Crippen LogP contribution >= 0.6 is 0 Å². The summed E-state index contributed by atoms with van der Waals surface area (Å²) in [7, 11) is 1.43. The number of hydrogen-bond donors (Lipinski definition) is 1. The van der Waals surface area contributed by atoms with Crippen molar-refractivity contribution in [2.24, 2.45) is 0 Å². The molecule has 14 heteroatoms. The van der Waals surface area contributed by atoms with Gasteiger partial charge >= 0.3 is 12.0 Å². The van der Waals surface area contributed by atoms with Gasteiger partial charge < -0.3 is 14.8 Å². The van der Waals surface area contributed by atoms with Gasteiger partial charge in [0, 0.05) is 42.6 Å². The van der Waals surface area contributed by atoms with Crippen LogP contribution in [0.15, 0.2) is 42.1 Å². The Bertz CT molecular complexity index is 1840. The molecule has 1 N–H and O–H groups in total. The van der Waals surface area contributed by atoms with Gasteiger partial charge in [-0.15, -0.1) is 5.10 Å². The molecule has 1 fully saturated rings. The first-order valence-corrected chi connectivity index (χ1v) is 16.4. The second-order valence-electron chi connectivity index (χ2n) is 12.7. The van der Waals surface area contributed by atoms with Crippen molar-refractivity contribution in [3.05, 3.63) is 59.1 Å².